The summed E-state index contributed by atoms with van der Waals surface area (Å²) in [7, 11) is 0. The molecule has 1 saturated heterocycles. The minimum atomic E-state index is 0.647. The first-order chi connectivity index (χ1) is 14.8. The molecule has 152 valence electrons. The molecule has 5 heterocycles. The van der Waals surface area contributed by atoms with Crippen LogP contribution in [0.3, 0.4) is 0 Å². The van der Waals surface area contributed by atoms with E-state index in [-0.39, 0.29) is 0 Å². The van der Waals surface area contributed by atoms with Crippen LogP contribution in [0.15, 0.2) is 55.0 Å². The van der Waals surface area contributed by atoms with E-state index in [0.717, 1.165) is 65.4 Å². The number of anilines is 1. The summed E-state index contributed by atoms with van der Waals surface area (Å²) in [4.78, 5) is 16.1. The first-order valence-corrected chi connectivity index (χ1v) is 10.5. The van der Waals surface area contributed by atoms with Gasteiger partial charge in [0.05, 0.1) is 23.1 Å². The number of hydrogen-bond donors (Lipinski definition) is 2. The molecule has 1 atom stereocenters. The van der Waals surface area contributed by atoms with Gasteiger partial charge in [0.25, 0.3) is 0 Å². The van der Waals surface area contributed by atoms with E-state index >= 15 is 0 Å². The third-order valence-electron chi connectivity index (χ3n) is 5.80. The molecule has 1 aliphatic heterocycles. The number of aromatic amines is 1. The summed E-state index contributed by atoms with van der Waals surface area (Å²) in [6.07, 6.45) is 8.91. The first kappa shape index (κ1) is 18.7. The molecule has 1 fully saturated rings. The number of nitrogens with two attached hydrogens (primary N) is 1. The summed E-state index contributed by atoms with van der Waals surface area (Å²) in [6.45, 7) is 2.80. The Balaban J connectivity index is 1.49. The molecule has 3 N–H and O–H groups in total. The van der Waals surface area contributed by atoms with E-state index in [1.54, 1.807) is 6.20 Å². The van der Waals surface area contributed by atoms with Crippen molar-refractivity contribution in [2.24, 2.45) is 11.7 Å². The highest BCUT2D eigenvalue weighted by molar-refractivity contribution is 5.93. The Labute approximate surface area is 175 Å². The maximum atomic E-state index is 5.78. The number of piperidine rings is 1. The van der Waals surface area contributed by atoms with E-state index in [1.165, 1.54) is 12.8 Å². The van der Waals surface area contributed by atoms with Crippen molar-refractivity contribution in [2.45, 2.75) is 19.3 Å². The molecule has 4 aromatic heterocycles. The molecular formula is C23H25N7. The largest absolute Gasteiger partial charge is 0.356 e. The Morgan fingerprint density at radius 3 is 2.97 bits per heavy atom. The van der Waals surface area contributed by atoms with Crippen LogP contribution in [-0.2, 0) is 0 Å². The molecule has 7 nitrogen and oxygen atoms in total. The molecule has 1 aliphatic rings. The van der Waals surface area contributed by atoms with E-state index in [9.17, 15) is 0 Å². The van der Waals surface area contributed by atoms with Crippen molar-refractivity contribution >= 4 is 16.7 Å². The molecule has 0 spiro atoms. The van der Waals surface area contributed by atoms with Crippen molar-refractivity contribution in [3.05, 3.63) is 55.0 Å². The SMILES string of the molecule is NCC[C@H]1CCCN(c2cccc(-c3n[nH]c4cnc(-c5cccnc5)cc34)n2)C1. The third-order valence-corrected chi connectivity index (χ3v) is 5.80. The molecule has 4 aromatic rings. The van der Waals surface area contributed by atoms with Gasteiger partial charge >= 0.3 is 0 Å². The zero-order chi connectivity index (χ0) is 20.3. The van der Waals surface area contributed by atoms with Gasteiger partial charge < -0.3 is 10.6 Å². The maximum absolute atomic E-state index is 5.78. The van der Waals surface area contributed by atoms with E-state index in [2.05, 4.69) is 43.3 Å². The number of H-pyrrole nitrogens is 1. The summed E-state index contributed by atoms with van der Waals surface area (Å²) in [5.41, 5.74) is 10.2. The molecule has 0 radical (unpaired) electrons. The molecule has 0 amide bonds. The Bertz CT molecular complexity index is 1140. The minimum absolute atomic E-state index is 0.647. The van der Waals surface area contributed by atoms with Crippen molar-refractivity contribution in [1.82, 2.24) is 25.1 Å². The van der Waals surface area contributed by atoms with Crippen LogP contribution in [0, 0.1) is 5.92 Å². The summed E-state index contributed by atoms with van der Waals surface area (Å²) in [6, 6.07) is 12.1. The first-order valence-electron chi connectivity index (χ1n) is 10.5. The Morgan fingerprint density at radius 1 is 1.13 bits per heavy atom. The predicted octanol–water partition coefficient (Wildman–Crippen LogP) is 3.65. The van der Waals surface area contributed by atoms with Crippen molar-refractivity contribution in [2.75, 3.05) is 24.5 Å². The number of aromatic nitrogens is 5. The fraction of sp³-hybridized carbons (Fsp3) is 0.304. The van der Waals surface area contributed by atoms with Gasteiger partial charge in [-0.15, -0.1) is 0 Å². The van der Waals surface area contributed by atoms with Crippen LogP contribution in [-0.4, -0.2) is 44.8 Å². The Hall–Kier alpha value is -3.32. The number of hydrogen-bond acceptors (Lipinski definition) is 6. The predicted molar refractivity (Wildman–Crippen MR) is 119 cm³/mol. The lowest BCUT2D eigenvalue weighted by Crippen LogP contribution is -2.36. The van der Waals surface area contributed by atoms with Gasteiger partial charge in [0.1, 0.15) is 11.5 Å². The lowest BCUT2D eigenvalue weighted by molar-refractivity contribution is 0.394. The van der Waals surface area contributed by atoms with Crippen LogP contribution >= 0.6 is 0 Å². The maximum Gasteiger partial charge on any atom is 0.129 e. The van der Waals surface area contributed by atoms with Gasteiger partial charge in [-0.25, -0.2) is 4.98 Å². The number of nitrogens with one attached hydrogen (secondary N) is 1. The van der Waals surface area contributed by atoms with Gasteiger partial charge in [-0.2, -0.15) is 5.10 Å². The van der Waals surface area contributed by atoms with Crippen LogP contribution in [0.4, 0.5) is 5.82 Å². The van der Waals surface area contributed by atoms with E-state index in [4.69, 9.17) is 10.7 Å². The zero-order valence-electron chi connectivity index (χ0n) is 16.8. The van der Waals surface area contributed by atoms with Crippen LogP contribution in [0.25, 0.3) is 33.5 Å². The second kappa shape index (κ2) is 8.20. The number of fused-ring (bicyclic) bond motifs is 1. The highest BCUT2D eigenvalue weighted by Gasteiger charge is 2.21. The second-order valence-corrected chi connectivity index (χ2v) is 7.84. The summed E-state index contributed by atoms with van der Waals surface area (Å²) in [5.74, 6) is 1.65. The minimum Gasteiger partial charge on any atom is -0.356 e. The molecular weight excluding hydrogens is 374 g/mol. The van der Waals surface area contributed by atoms with Crippen LogP contribution in [0.5, 0.6) is 0 Å². The molecule has 0 saturated carbocycles. The van der Waals surface area contributed by atoms with Gasteiger partial charge in [-0.05, 0) is 62.1 Å². The third kappa shape index (κ3) is 3.64. The van der Waals surface area contributed by atoms with Crippen molar-refractivity contribution in [3.8, 4) is 22.6 Å². The lowest BCUT2D eigenvalue weighted by atomic mass is 9.95. The quantitative estimate of drug-likeness (QED) is 0.532. The van der Waals surface area contributed by atoms with E-state index < -0.39 is 0 Å². The number of rotatable bonds is 5. The van der Waals surface area contributed by atoms with Gasteiger partial charge in [0.2, 0.25) is 0 Å². The number of pyridine rings is 3. The standard InChI is InChI=1S/C23H25N7/c24-9-8-16-4-3-11-30(15-16)22-7-1-6-19(27-22)23-18-12-20(17-5-2-10-25-13-17)26-14-21(18)28-29-23/h1-2,5-7,10,12-14,16H,3-4,8-9,11,15,24H2,(H,28,29)/t16-/m1/s1. The smallest absolute Gasteiger partial charge is 0.129 e. The van der Waals surface area contributed by atoms with Crippen LogP contribution in [0.1, 0.15) is 19.3 Å². The molecule has 7 heteroatoms. The van der Waals surface area contributed by atoms with Crippen LogP contribution in [0.2, 0.25) is 0 Å². The summed E-state index contributed by atoms with van der Waals surface area (Å²) < 4.78 is 0. The molecule has 0 bridgehead atoms. The fourth-order valence-corrected chi connectivity index (χ4v) is 4.26. The topological polar surface area (TPSA) is 96.6 Å². The van der Waals surface area contributed by atoms with Gasteiger partial charge in [-0.1, -0.05) is 6.07 Å². The van der Waals surface area contributed by atoms with Crippen molar-refractivity contribution in [1.29, 1.82) is 0 Å². The number of nitrogens with zero attached hydrogens (tertiary/aromatic N) is 5. The molecule has 30 heavy (non-hydrogen) atoms. The molecule has 0 unspecified atom stereocenters. The van der Waals surface area contributed by atoms with E-state index in [0.29, 0.717) is 5.92 Å². The highest BCUT2D eigenvalue weighted by Crippen LogP contribution is 2.30. The average molecular weight is 400 g/mol. The van der Waals surface area contributed by atoms with Gasteiger partial charge in [-0.3, -0.25) is 15.1 Å². The van der Waals surface area contributed by atoms with Gasteiger partial charge in [0.15, 0.2) is 0 Å². The monoisotopic (exact) mass is 399 g/mol. The van der Waals surface area contributed by atoms with Gasteiger partial charge in [0, 0.05) is 36.4 Å². The van der Waals surface area contributed by atoms with Crippen molar-refractivity contribution < 1.29 is 0 Å². The highest BCUT2D eigenvalue weighted by atomic mass is 15.2. The van der Waals surface area contributed by atoms with Crippen molar-refractivity contribution in [3.63, 3.8) is 0 Å². The van der Waals surface area contributed by atoms with E-state index in [1.807, 2.05) is 30.6 Å². The molecule has 0 aliphatic carbocycles. The Morgan fingerprint density at radius 2 is 2.10 bits per heavy atom. The molecule has 0 aromatic carbocycles. The normalized spacial score (nSPS) is 16.8. The summed E-state index contributed by atoms with van der Waals surface area (Å²) in [5, 5.41) is 8.65. The lowest BCUT2D eigenvalue weighted by Gasteiger charge is -2.33. The zero-order valence-corrected chi connectivity index (χ0v) is 16.8. The average Bonchev–Trinajstić information content (AvgIpc) is 3.23. The summed E-state index contributed by atoms with van der Waals surface area (Å²) >= 11 is 0. The van der Waals surface area contributed by atoms with Crippen LogP contribution < -0.4 is 10.6 Å². The fourth-order valence-electron chi connectivity index (χ4n) is 4.26. The second-order valence-electron chi connectivity index (χ2n) is 7.84. The molecule has 5 rings (SSSR count). The Kier molecular flexibility index (Phi) is 5.11.